The van der Waals surface area contributed by atoms with Gasteiger partial charge in [-0.3, -0.25) is 0 Å². The van der Waals surface area contributed by atoms with E-state index in [9.17, 15) is 4.79 Å². The maximum Gasteiger partial charge on any atom is 0.319 e. The number of amides is 2. The summed E-state index contributed by atoms with van der Waals surface area (Å²) >= 11 is 0. The van der Waals surface area contributed by atoms with Crippen molar-refractivity contribution in [3.8, 4) is 0 Å². The molecule has 1 rings (SSSR count). The molecule has 0 radical (unpaired) electrons. The fourth-order valence-corrected chi connectivity index (χ4v) is 1.51. The number of hydrogen-bond acceptors (Lipinski definition) is 1. The molecule has 0 aromatic heterocycles. The molecular formula is C10H20N2O. The van der Waals surface area contributed by atoms with E-state index >= 15 is 0 Å². The minimum atomic E-state index is 0.140. The lowest BCUT2D eigenvalue weighted by atomic mass is 10.3. The highest BCUT2D eigenvalue weighted by molar-refractivity contribution is 5.73. The summed E-state index contributed by atoms with van der Waals surface area (Å²) in [4.78, 5) is 15.2. The molecule has 0 aromatic rings. The van der Waals surface area contributed by atoms with Crippen molar-refractivity contribution in [2.45, 2.75) is 20.3 Å². The Morgan fingerprint density at radius 3 is 2.31 bits per heavy atom. The molecule has 0 aliphatic heterocycles. The van der Waals surface area contributed by atoms with Gasteiger partial charge in [0.2, 0.25) is 0 Å². The highest BCUT2D eigenvalue weighted by atomic mass is 16.2. The summed E-state index contributed by atoms with van der Waals surface area (Å²) < 4.78 is 0. The van der Waals surface area contributed by atoms with Gasteiger partial charge in [-0.2, -0.15) is 0 Å². The molecule has 2 unspecified atom stereocenters. The standard InChI is InChI=1S/C10H20N2O/c1-5-11(3)10(13)12(4)7-9-6-8(9)2/h8-9H,5-7H2,1-4H3. The summed E-state index contributed by atoms with van der Waals surface area (Å²) in [5.41, 5.74) is 0. The molecule has 3 heteroatoms. The summed E-state index contributed by atoms with van der Waals surface area (Å²) in [6.45, 7) is 5.94. The van der Waals surface area contributed by atoms with Crippen molar-refractivity contribution in [2.24, 2.45) is 11.8 Å². The van der Waals surface area contributed by atoms with Crippen molar-refractivity contribution in [1.82, 2.24) is 9.80 Å². The highest BCUT2D eigenvalue weighted by Crippen LogP contribution is 2.37. The zero-order valence-electron chi connectivity index (χ0n) is 9.08. The molecule has 0 spiro atoms. The summed E-state index contributed by atoms with van der Waals surface area (Å²) in [7, 11) is 3.73. The molecule has 1 fully saturated rings. The summed E-state index contributed by atoms with van der Waals surface area (Å²) in [6, 6.07) is 0.140. The number of rotatable bonds is 3. The fourth-order valence-electron chi connectivity index (χ4n) is 1.51. The molecule has 0 heterocycles. The quantitative estimate of drug-likeness (QED) is 0.654. The van der Waals surface area contributed by atoms with Crippen molar-refractivity contribution in [3.63, 3.8) is 0 Å². The molecule has 0 N–H and O–H groups in total. The molecule has 0 aromatic carbocycles. The summed E-state index contributed by atoms with van der Waals surface area (Å²) in [6.07, 6.45) is 1.29. The Morgan fingerprint density at radius 2 is 1.92 bits per heavy atom. The Labute approximate surface area is 80.7 Å². The van der Waals surface area contributed by atoms with Crippen LogP contribution in [-0.4, -0.2) is 43.0 Å². The third-order valence-electron chi connectivity index (χ3n) is 2.91. The van der Waals surface area contributed by atoms with Crippen molar-refractivity contribution in [2.75, 3.05) is 27.2 Å². The first kappa shape index (κ1) is 10.4. The monoisotopic (exact) mass is 184 g/mol. The number of carbonyl (C=O) groups excluding carboxylic acids is 1. The second-order valence-electron chi connectivity index (χ2n) is 4.15. The third kappa shape index (κ3) is 2.61. The van der Waals surface area contributed by atoms with Gasteiger partial charge in [0.25, 0.3) is 0 Å². The normalized spacial score (nSPS) is 25.5. The van der Waals surface area contributed by atoms with Gasteiger partial charge in [-0.1, -0.05) is 6.92 Å². The lowest BCUT2D eigenvalue weighted by molar-refractivity contribution is 0.173. The van der Waals surface area contributed by atoms with E-state index in [2.05, 4.69) is 6.92 Å². The molecule has 1 saturated carbocycles. The number of urea groups is 1. The van der Waals surface area contributed by atoms with Gasteiger partial charge >= 0.3 is 6.03 Å². The summed E-state index contributed by atoms with van der Waals surface area (Å²) in [5.74, 6) is 1.57. The van der Waals surface area contributed by atoms with Gasteiger partial charge in [0, 0.05) is 27.2 Å². The zero-order chi connectivity index (χ0) is 10.0. The van der Waals surface area contributed by atoms with Crippen LogP contribution in [0.5, 0.6) is 0 Å². The van der Waals surface area contributed by atoms with Crippen LogP contribution in [0.1, 0.15) is 20.3 Å². The molecule has 1 aliphatic carbocycles. The van der Waals surface area contributed by atoms with Crippen molar-refractivity contribution < 1.29 is 4.79 Å². The van der Waals surface area contributed by atoms with Gasteiger partial charge in [-0.15, -0.1) is 0 Å². The third-order valence-corrected chi connectivity index (χ3v) is 2.91. The molecule has 3 nitrogen and oxygen atoms in total. The number of hydrogen-bond donors (Lipinski definition) is 0. The Balaban J connectivity index is 2.29. The van der Waals surface area contributed by atoms with E-state index in [0.29, 0.717) is 0 Å². The van der Waals surface area contributed by atoms with Crippen LogP contribution in [0.25, 0.3) is 0 Å². The molecule has 2 amide bonds. The second-order valence-corrected chi connectivity index (χ2v) is 4.15. The van der Waals surface area contributed by atoms with Gasteiger partial charge in [0.05, 0.1) is 0 Å². The first-order valence-corrected chi connectivity index (χ1v) is 5.02. The minimum absolute atomic E-state index is 0.140. The Hall–Kier alpha value is -0.730. The molecule has 76 valence electrons. The largest absolute Gasteiger partial charge is 0.328 e. The zero-order valence-corrected chi connectivity index (χ0v) is 9.08. The second kappa shape index (κ2) is 3.99. The van der Waals surface area contributed by atoms with E-state index in [4.69, 9.17) is 0 Å². The number of carbonyl (C=O) groups is 1. The van der Waals surface area contributed by atoms with Gasteiger partial charge < -0.3 is 9.80 Å². The van der Waals surface area contributed by atoms with E-state index in [0.717, 1.165) is 24.9 Å². The molecule has 1 aliphatic rings. The summed E-state index contributed by atoms with van der Waals surface area (Å²) in [5, 5.41) is 0. The van der Waals surface area contributed by atoms with E-state index in [-0.39, 0.29) is 6.03 Å². The van der Waals surface area contributed by atoms with Crippen LogP contribution in [-0.2, 0) is 0 Å². The maximum atomic E-state index is 11.6. The SMILES string of the molecule is CCN(C)C(=O)N(C)CC1CC1C. The van der Waals surface area contributed by atoms with Crippen LogP contribution >= 0.6 is 0 Å². The van der Waals surface area contributed by atoms with Gasteiger partial charge in [0.15, 0.2) is 0 Å². The molecule has 0 saturated heterocycles. The average molecular weight is 184 g/mol. The lowest BCUT2D eigenvalue weighted by Gasteiger charge is -2.23. The first-order valence-electron chi connectivity index (χ1n) is 5.02. The van der Waals surface area contributed by atoms with Crippen molar-refractivity contribution in [1.29, 1.82) is 0 Å². The average Bonchev–Trinajstić information content (AvgIpc) is 2.79. The molecular weight excluding hydrogens is 164 g/mol. The van der Waals surface area contributed by atoms with Crippen LogP contribution in [0, 0.1) is 11.8 Å². The Kier molecular flexibility index (Phi) is 3.17. The van der Waals surface area contributed by atoms with Crippen molar-refractivity contribution >= 4 is 6.03 Å². The van der Waals surface area contributed by atoms with Gasteiger partial charge in [0.1, 0.15) is 0 Å². The van der Waals surface area contributed by atoms with Crippen LogP contribution in [0.4, 0.5) is 4.79 Å². The van der Waals surface area contributed by atoms with Crippen LogP contribution in [0.3, 0.4) is 0 Å². The van der Waals surface area contributed by atoms with Crippen LogP contribution < -0.4 is 0 Å². The van der Waals surface area contributed by atoms with E-state index in [1.165, 1.54) is 6.42 Å². The maximum absolute atomic E-state index is 11.6. The highest BCUT2D eigenvalue weighted by Gasteiger charge is 2.34. The van der Waals surface area contributed by atoms with Crippen LogP contribution in [0.2, 0.25) is 0 Å². The van der Waals surface area contributed by atoms with Crippen molar-refractivity contribution in [3.05, 3.63) is 0 Å². The predicted molar refractivity (Wildman–Crippen MR) is 53.6 cm³/mol. The predicted octanol–water partition coefficient (Wildman–Crippen LogP) is 1.65. The van der Waals surface area contributed by atoms with Crippen LogP contribution in [0.15, 0.2) is 0 Å². The first-order chi connectivity index (χ1) is 6.06. The topological polar surface area (TPSA) is 23.6 Å². The van der Waals surface area contributed by atoms with E-state index in [1.54, 1.807) is 4.90 Å². The van der Waals surface area contributed by atoms with Gasteiger partial charge in [-0.05, 0) is 25.2 Å². The number of nitrogens with zero attached hydrogens (tertiary/aromatic N) is 2. The Bertz CT molecular complexity index is 193. The van der Waals surface area contributed by atoms with E-state index in [1.807, 2.05) is 25.9 Å². The molecule has 0 bridgehead atoms. The lowest BCUT2D eigenvalue weighted by Crippen LogP contribution is -2.39. The Morgan fingerprint density at radius 1 is 1.38 bits per heavy atom. The molecule has 2 atom stereocenters. The molecule has 13 heavy (non-hydrogen) atoms. The van der Waals surface area contributed by atoms with Gasteiger partial charge in [-0.25, -0.2) is 4.79 Å². The minimum Gasteiger partial charge on any atom is -0.328 e. The van der Waals surface area contributed by atoms with E-state index < -0.39 is 0 Å². The fraction of sp³-hybridized carbons (Fsp3) is 0.900. The smallest absolute Gasteiger partial charge is 0.319 e.